The van der Waals surface area contributed by atoms with Crippen LogP contribution in [0.3, 0.4) is 0 Å². The van der Waals surface area contributed by atoms with E-state index >= 15 is 0 Å². The van der Waals surface area contributed by atoms with Crippen LogP contribution in [-0.4, -0.2) is 42.8 Å². The van der Waals surface area contributed by atoms with E-state index in [-0.39, 0.29) is 5.92 Å². The third kappa shape index (κ3) is 4.66. The average Bonchev–Trinajstić information content (AvgIpc) is 2.62. The summed E-state index contributed by atoms with van der Waals surface area (Å²) in [7, 11) is -3.14. The van der Waals surface area contributed by atoms with Crippen molar-refractivity contribution < 1.29 is 13.5 Å². The number of rotatable bonds is 5. The first-order valence-corrected chi connectivity index (χ1v) is 10.4. The number of aliphatic hydroxyl groups is 1. The van der Waals surface area contributed by atoms with E-state index < -0.39 is 15.9 Å². The Bertz CT molecular complexity index is 783. The van der Waals surface area contributed by atoms with E-state index in [1.54, 1.807) is 18.3 Å². The summed E-state index contributed by atoms with van der Waals surface area (Å²) >= 11 is 0. The van der Waals surface area contributed by atoms with Gasteiger partial charge in [0.15, 0.2) is 9.84 Å². The quantitative estimate of drug-likeness (QED) is 0.887. The molecular weight excluding hydrogens is 336 g/mol. The van der Waals surface area contributed by atoms with Crippen molar-refractivity contribution in [2.24, 2.45) is 5.92 Å². The first-order valence-electron chi connectivity index (χ1n) is 8.54. The highest BCUT2D eigenvalue weighted by molar-refractivity contribution is 7.90. The molecule has 0 bridgehead atoms. The second-order valence-corrected chi connectivity index (χ2v) is 8.74. The third-order valence-corrected chi connectivity index (χ3v) is 5.96. The molecule has 1 atom stereocenters. The predicted molar refractivity (Wildman–Crippen MR) is 96.7 cm³/mol. The maximum Gasteiger partial charge on any atom is 0.175 e. The van der Waals surface area contributed by atoms with Crippen LogP contribution in [0.4, 0.5) is 0 Å². The molecule has 2 heterocycles. The maximum absolute atomic E-state index is 11.5. The minimum Gasteiger partial charge on any atom is -0.387 e. The van der Waals surface area contributed by atoms with Crippen molar-refractivity contribution in [3.63, 3.8) is 0 Å². The fourth-order valence-corrected chi connectivity index (χ4v) is 3.95. The highest BCUT2D eigenvalue weighted by atomic mass is 32.2. The molecule has 1 aromatic heterocycles. The van der Waals surface area contributed by atoms with Gasteiger partial charge >= 0.3 is 0 Å². The van der Waals surface area contributed by atoms with Crippen LogP contribution in [0.5, 0.6) is 0 Å². The van der Waals surface area contributed by atoms with Crippen LogP contribution < -0.4 is 0 Å². The first-order chi connectivity index (χ1) is 11.9. The average molecular weight is 360 g/mol. The van der Waals surface area contributed by atoms with Gasteiger partial charge in [-0.2, -0.15) is 0 Å². The van der Waals surface area contributed by atoms with Gasteiger partial charge in [-0.15, -0.1) is 0 Å². The van der Waals surface area contributed by atoms with Gasteiger partial charge < -0.3 is 5.11 Å². The van der Waals surface area contributed by atoms with Crippen LogP contribution in [-0.2, 0) is 16.4 Å². The second-order valence-electron chi connectivity index (χ2n) is 6.73. The van der Waals surface area contributed by atoms with Crippen molar-refractivity contribution in [2.45, 2.75) is 30.4 Å². The molecule has 1 unspecified atom stereocenters. The molecule has 1 aromatic carbocycles. The Morgan fingerprint density at radius 3 is 2.40 bits per heavy atom. The van der Waals surface area contributed by atoms with Crippen molar-refractivity contribution in [2.75, 3.05) is 19.3 Å². The highest BCUT2D eigenvalue weighted by Gasteiger charge is 2.26. The van der Waals surface area contributed by atoms with Crippen LogP contribution in [0.25, 0.3) is 0 Å². The van der Waals surface area contributed by atoms with Gasteiger partial charge in [0.05, 0.1) is 16.7 Å². The monoisotopic (exact) mass is 360 g/mol. The molecule has 1 fully saturated rings. The van der Waals surface area contributed by atoms with E-state index in [0.717, 1.165) is 43.7 Å². The number of nitrogens with zero attached hydrogens (tertiary/aromatic N) is 2. The number of hydrogen-bond acceptors (Lipinski definition) is 5. The van der Waals surface area contributed by atoms with Gasteiger partial charge in [0.1, 0.15) is 0 Å². The Balaban J connectivity index is 1.54. The fraction of sp³-hybridized carbons (Fsp3) is 0.421. The minimum absolute atomic E-state index is 0.235. The number of hydrogen-bond donors (Lipinski definition) is 1. The molecule has 1 saturated heterocycles. The Morgan fingerprint density at radius 1 is 1.16 bits per heavy atom. The van der Waals surface area contributed by atoms with Crippen LogP contribution in [0.1, 0.15) is 30.2 Å². The van der Waals surface area contributed by atoms with Crippen LogP contribution in [0, 0.1) is 5.92 Å². The van der Waals surface area contributed by atoms with Crippen molar-refractivity contribution >= 4 is 9.84 Å². The summed E-state index contributed by atoms with van der Waals surface area (Å²) in [5.41, 5.74) is 1.86. The number of piperidine rings is 1. The summed E-state index contributed by atoms with van der Waals surface area (Å²) in [4.78, 5) is 6.96. The molecule has 0 spiro atoms. The van der Waals surface area contributed by atoms with E-state index in [9.17, 15) is 13.5 Å². The van der Waals surface area contributed by atoms with Gasteiger partial charge in [0, 0.05) is 19.0 Å². The Labute approximate surface area is 149 Å². The lowest BCUT2D eigenvalue weighted by Crippen LogP contribution is -2.35. The molecule has 0 saturated carbocycles. The summed E-state index contributed by atoms with van der Waals surface area (Å²) in [5, 5.41) is 10.5. The van der Waals surface area contributed by atoms with Crippen LogP contribution in [0.2, 0.25) is 0 Å². The SMILES string of the molecule is CS(=O)(=O)c1ccc(CN2CCC(C(O)c3ccccn3)CC2)cc1. The molecule has 1 aliphatic heterocycles. The molecule has 0 aliphatic carbocycles. The second kappa shape index (κ2) is 7.64. The van der Waals surface area contributed by atoms with Gasteiger partial charge in [0.25, 0.3) is 0 Å². The Hall–Kier alpha value is -1.76. The lowest BCUT2D eigenvalue weighted by molar-refractivity contribution is 0.0540. The van der Waals surface area contributed by atoms with E-state index in [0.29, 0.717) is 4.90 Å². The fourth-order valence-electron chi connectivity index (χ4n) is 3.32. The zero-order valence-electron chi connectivity index (χ0n) is 14.4. The zero-order chi connectivity index (χ0) is 17.9. The Morgan fingerprint density at radius 2 is 1.84 bits per heavy atom. The lowest BCUT2D eigenvalue weighted by atomic mass is 9.89. The normalized spacial score (nSPS) is 18.2. The summed E-state index contributed by atoms with van der Waals surface area (Å²) in [6, 6.07) is 12.7. The molecule has 6 heteroatoms. The molecule has 0 radical (unpaired) electrons. The van der Waals surface area contributed by atoms with Gasteiger partial charge in [-0.25, -0.2) is 8.42 Å². The van der Waals surface area contributed by atoms with E-state index in [1.807, 2.05) is 30.3 Å². The number of pyridine rings is 1. The van der Waals surface area contributed by atoms with Gasteiger partial charge in [-0.3, -0.25) is 9.88 Å². The largest absolute Gasteiger partial charge is 0.387 e. The minimum atomic E-state index is -3.14. The molecule has 25 heavy (non-hydrogen) atoms. The van der Waals surface area contributed by atoms with Crippen molar-refractivity contribution in [1.29, 1.82) is 0 Å². The van der Waals surface area contributed by atoms with Gasteiger partial charge in [-0.1, -0.05) is 18.2 Å². The molecular formula is C19H24N2O3S. The first kappa shape index (κ1) is 18.0. The molecule has 2 aromatic rings. The van der Waals surface area contributed by atoms with Crippen molar-refractivity contribution in [3.8, 4) is 0 Å². The van der Waals surface area contributed by atoms with E-state index in [2.05, 4.69) is 9.88 Å². The van der Waals surface area contributed by atoms with Crippen molar-refractivity contribution in [1.82, 2.24) is 9.88 Å². The summed E-state index contributed by atoms with van der Waals surface area (Å²) in [6.45, 7) is 2.64. The zero-order valence-corrected chi connectivity index (χ0v) is 15.2. The summed E-state index contributed by atoms with van der Waals surface area (Å²) in [5.74, 6) is 0.235. The Kier molecular flexibility index (Phi) is 5.51. The molecule has 5 nitrogen and oxygen atoms in total. The van der Waals surface area contributed by atoms with Crippen molar-refractivity contribution in [3.05, 3.63) is 59.9 Å². The third-order valence-electron chi connectivity index (χ3n) is 4.83. The molecule has 0 amide bonds. The number of likely N-dealkylation sites (tertiary alicyclic amines) is 1. The maximum atomic E-state index is 11.5. The van der Waals surface area contributed by atoms with Gasteiger partial charge in [0.2, 0.25) is 0 Å². The number of aromatic nitrogens is 1. The standard InChI is InChI=1S/C19H24N2O3S/c1-25(23,24)17-7-5-15(6-8-17)14-21-12-9-16(10-13-21)19(22)18-4-2-3-11-20-18/h2-8,11,16,19,22H,9-10,12-14H2,1H3. The topological polar surface area (TPSA) is 70.5 Å². The van der Waals surface area contributed by atoms with Crippen LogP contribution >= 0.6 is 0 Å². The van der Waals surface area contributed by atoms with E-state index in [4.69, 9.17) is 0 Å². The molecule has 3 rings (SSSR count). The van der Waals surface area contributed by atoms with Gasteiger partial charge in [-0.05, 0) is 61.7 Å². The van der Waals surface area contributed by atoms with E-state index in [1.165, 1.54) is 6.26 Å². The highest BCUT2D eigenvalue weighted by Crippen LogP contribution is 2.30. The summed E-state index contributed by atoms with van der Waals surface area (Å²) in [6.07, 6.45) is 4.30. The van der Waals surface area contributed by atoms with Crippen LogP contribution in [0.15, 0.2) is 53.6 Å². The number of benzene rings is 1. The number of sulfone groups is 1. The smallest absolute Gasteiger partial charge is 0.175 e. The predicted octanol–water partition coefficient (Wildman–Crippen LogP) is 2.43. The molecule has 1 aliphatic rings. The summed E-state index contributed by atoms with van der Waals surface area (Å²) < 4.78 is 23.0. The molecule has 1 N–H and O–H groups in total. The molecule has 134 valence electrons. The number of aliphatic hydroxyl groups excluding tert-OH is 1. The lowest BCUT2D eigenvalue weighted by Gasteiger charge is -2.34.